The summed E-state index contributed by atoms with van der Waals surface area (Å²) in [5.74, 6) is 1.15. The number of benzene rings is 1. The maximum Gasteiger partial charge on any atom is 0.124 e. The Morgan fingerprint density at radius 2 is 2.13 bits per heavy atom. The van der Waals surface area contributed by atoms with Crippen LogP contribution in [-0.2, 0) is 6.54 Å². The molecule has 2 heterocycles. The molecule has 2 aromatic rings. The van der Waals surface area contributed by atoms with Crippen molar-refractivity contribution >= 4 is 23.3 Å². The Bertz CT molecular complexity index is 693. The second-order valence-corrected chi connectivity index (χ2v) is 6.85. The van der Waals surface area contributed by atoms with E-state index in [1.807, 2.05) is 12.1 Å². The molecule has 4 rings (SSSR count). The summed E-state index contributed by atoms with van der Waals surface area (Å²) in [6.45, 7) is 2.89. The highest BCUT2D eigenvalue weighted by molar-refractivity contribution is 5.85. The number of halogens is 2. The van der Waals surface area contributed by atoms with Crippen LogP contribution in [0.15, 0.2) is 30.5 Å². The maximum atomic E-state index is 13.9. The number of rotatable bonds is 2. The third kappa shape index (κ3) is 3.21. The quantitative estimate of drug-likeness (QED) is 0.915. The van der Waals surface area contributed by atoms with Crippen molar-refractivity contribution in [1.82, 2.24) is 9.88 Å². The third-order valence-corrected chi connectivity index (χ3v) is 5.37. The SMILES string of the molecule is Cl.NC1CCCC2CN(Cc3cc(F)cc4cccnc34)CC12. The fourth-order valence-corrected chi connectivity index (χ4v) is 4.33. The fourth-order valence-electron chi connectivity index (χ4n) is 4.33. The van der Waals surface area contributed by atoms with E-state index in [4.69, 9.17) is 5.73 Å². The number of aromatic nitrogens is 1. The topological polar surface area (TPSA) is 42.1 Å². The van der Waals surface area contributed by atoms with Gasteiger partial charge in [-0.3, -0.25) is 9.88 Å². The molecule has 0 bridgehead atoms. The van der Waals surface area contributed by atoms with Gasteiger partial charge in [-0.05, 0) is 48.4 Å². The average molecular weight is 336 g/mol. The van der Waals surface area contributed by atoms with Gasteiger partial charge in [0.2, 0.25) is 0 Å². The first-order valence-electron chi connectivity index (χ1n) is 8.22. The van der Waals surface area contributed by atoms with Crippen molar-refractivity contribution in [3.63, 3.8) is 0 Å². The largest absolute Gasteiger partial charge is 0.327 e. The molecular formula is C18H23ClFN3. The van der Waals surface area contributed by atoms with Crippen LogP contribution in [-0.4, -0.2) is 29.0 Å². The monoisotopic (exact) mass is 335 g/mol. The van der Waals surface area contributed by atoms with Gasteiger partial charge < -0.3 is 5.73 Å². The zero-order chi connectivity index (χ0) is 15.1. The molecule has 1 saturated carbocycles. The van der Waals surface area contributed by atoms with Crippen LogP contribution in [0, 0.1) is 17.7 Å². The van der Waals surface area contributed by atoms with Crippen LogP contribution < -0.4 is 5.73 Å². The highest BCUT2D eigenvalue weighted by atomic mass is 35.5. The lowest BCUT2D eigenvalue weighted by atomic mass is 9.78. The molecule has 0 spiro atoms. The van der Waals surface area contributed by atoms with Crippen LogP contribution in [0.5, 0.6) is 0 Å². The van der Waals surface area contributed by atoms with Crippen molar-refractivity contribution in [1.29, 1.82) is 0 Å². The van der Waals surface area contributed by atoms with Crippen LogP contribution in [0.25, 0.3) is 10.9 Å². The second-order valence-electron chi connectivity index (χ2n) is 6.85. The number of hydrogen-bond acceptors (Lipinski definition) is 3. The second kappa shape index (κ2) is 6.71. The van der Waals surface area contributed by atoms with Gasteiger partial charge in [0.1, 0.15) is 5.82 Å². The minimum Gasteiger partial charge on any atom is -0.327 e. The Balaban J connectivity index is 0.00000156. The fraction of sp³-hybridized carbons (Fsp3) is 0.500. The Kier molecular flexibility index (Phi) is 4.85. The number of nitrogens with two attached hydrogens (primary N) is 1. The molecule has 2 fully saturated rings. The summed E-state index contributed by atoms with van der Waals surface area (Å²) >= 11 is 0. The zero-order valence-corrected chi connectivity index (χ0v) is 13.9. The van der Waals surface area contributed by atoms with E-state index < -0.39 is 0 Å². The van der Waals surface area contributed by atoms with Crippen LogP contribution >= 0.6 is 12.4 Å². The molecule has 0 radical (unpaired) electrons. The van der Waals surface area contributed by atoms with E-state index in [9.17, 15) is 4.39 Å². The molecule has 0 amide bonds. The molecule has 1 aliphatic heterocycles. The van der Waals surface area contributed by atoms with Gasteiger partial charge in [0.05, 0.1) is 5.52 Å². The van der Waals surface area contributed by atoms with Gasteiger partial charge in [0.25, 0.3) is 0 Å². The first kappa shape index (κ1) is 16.6. The first-order valence-corrected chi connectivity index (χ1v) is 8.22. The first-order chi connectivity index (χ1) is 10.7. The van der Waals surface area contributed by atoms with Gasteiger partial charge >= 0.3 is 0 Å². The molecular weight excluding hydrogens is 313 g/mol. The van der Waals surface area contributed by atoms with E-state index in [1.165, 1.54) is 12.8 Å². The van der Waals surface area contributed by atoms with E-state index in [1.54, 1.807) is 18.3 Å². The molecule has 1 saturated heterocycles. The molecule has 2 aliphatic rings. The van der Waals surface area contributed by atoms with Crippen LogP contribution in [0.4, 0.5) is 4.39 Å². The van der Waals surface area contributed by atoms with Crippen molar-refractivity contribution < 1.29 is 4.39 Å². The van der Waals surface area contributed by atoms with E-state index in [-0.39, 0.29) is 18.2 Å². The maximum absolute atomic E-state index is 13.9. The molecule has 2 N–H and O–H groups in total. The van der Waals surface area contributed by atoms with Gasteiger partial charge in [-0.2, -0.15) is 0 Å². The van der Waals surface area contributed by atoms with Crippen molar-refractivity contribution in [2.45, 2.75) is 31.8 Å². The van der Waals surface area contributed by atoms with Crippen molar-refractivity contribution in [2.75, 3.05) is 13.1 Å². The third-order valence-electron chi connectivity index (χ3n) is 5.37. The van der Waals surface area contributed by atoms with E-state index in [0.717, 1.165) is 48.4 Å². The molecule has 3 atom stereocenters. The predicted molar refractivity (Wildman–Crippen MR) is 93.0 cm³/mol. The number of likely N-dealkylation sites (tertiary alicyclic amines) is 1. The lowest BCUT2D eigenvalue weighted by Gasteiger charge is -2.29. The normalized spacial score (nSPS) is 27.7. The standard InChI is InChI=1S/C18H22FN3.ClH/c19-15-7-12-4-2-6-21-18(12)14(8-15)10-22-9-13-3-1-5-17(20)16(13)11-22;/h2,4,6-8,13,16-17H,1,3,5,9-11,20H2;1H. The molecule has 1 aliphatic carbocycles. The lowest BCUT2D eigenvalue weighted by molar-refractivity contribution is 0.259. The van der Waals surface area contributed by atoms with E-state index in [0.29, 0.717) is 12.0 Å². The highest BCUT2D eigenvalue weighted by Gasteiger charge is 2.38. The highest BCUT2D eigenvalue weighted by Crippen LogP contribution is 2.36. The molecule has 1 aromatic heterocycles. The van der Waals surface area contributed by atoms with E-state index in [2.05, 4.69) is 9.88 Å². The van der Waals surface area contributed by atoms with Gasteiger partial charge in [0, 0.05) is 37.3 Å². The predicted octanol–water partition coefficient (Wildman–Crippen LogP) is 3.35. The number of nitrogens with zero attached hydrogens (tertiary/aromatic N) is 2. The summed E-state index contributed by atoms with van der Waals surface area (Å²) < 4.78 is 13.9. The Morgan fingerprint density at radius 1 is 1.26 bits per heavy atom. The summed E-state index contributed by atoms with van der Waals surface area (Å²) in [6.07, 6.45) is 5.47. The van der Waals surface area contributed by atoms with Crippen LogP contribution in [0.2, 0.25) is 0 Å². The van der Waals surface area contributed by atoms with Gasteiger partial charge in [-0.15, -0.1) is 12.4 Å². The Hall–Kier alpha value is -1.23. The number of pyridine rings is 1. The summed E-state index contributed by atoms with van der Waals surface area (Å²) in [5, 5.41) is 0.880. The zero-order valence-electron chi connectivity index (χ0n) is 13.1. The van der Waals surface area contributed by atoms with E-state index >= 15 is 0 Å². The van der Waals surface area contributed by atoms with Crippen LogP contribution in [0.1, 0.15) is 24.8 Å². The lowest BCUT2D eigenvalue weighted by Crippen LogP contribution is -2.38. The number of fused-ring (bicyclic) bond motifs is 2. The van der Waals surface area contributed by atoms with Gasteiger partial charge in [-0.25, -0.2) is 4.39 Å². The Labute approximate surface area is 142 Å². The molecule has 5 heteroatoms. The summed E-state index contributed by atoms with van der Waals surface area (Å²) in [6, 6.07) is 7.32. The van der Waals surface area contributed by atoms with Crippen molar-refractivity contribution in [3.05, 3.63) is 41.8 Å². The minimum atomic E-state index is -0.177. The van der Waals surface area contributed by atoms with Crippen LogP contribution in [0.3, 0.4) is 0 Å². The minimum absolute atomic E-state index is 0. The molecule has 23 heavy (non-hydrogen) atoms. The Morgan fingerprint density at radius 3 is 2.96 bits per heavy atom. The average Bonchev–Trinajstić information content (AvgIpc) is 2.91. The molecule has 3 unspecified atom stereocenters. The molecule has 124 valence electrons. The smallest absolute Gasteiger partial charge is 0.124 e. The number of hydrogen-bond donors (Lipinski definition) is 1. The summed E-state index contributed by atoms with van der Waals surface area (Å²) in [4.78, 5) is 6.89. The summed E-state index contributed by atoms with van der Waals surface area (Å²) in [5.41, 5.74) is 8.20. The van der Waals surface area contributed by atoms with Gasteiger partial charge in [-0.1, -0.05) is 12.5 Å². The summed E-state index contributed by atoms with van der Waals surface area (Å²) in [7, 11) is 0. The molecule has 1 aromatic carbocycles. The van der Waals surface area contributed by atoms with Crippen molar-refractivity contribution in [3.8, 4) is 0 Å². The van der Waals surface area contributed by atoms with Gasteiger partial charge in [0.15, 0.2) is 0 Å². The van der Waals surface area contributed by atoms with Crippen molar-refractivity contribution in [2.24, 2.45) is 17.6 Å². The molecule has 3 nitrogen and oxygen atoms in total.